The van der Waals surface area contributed by atoms with E-state index in [0.29, 0.717) is 12.1 Å². The van der Waals surface area contributed by atoms with E-state index in [-0.39, 0.29) is 6.03 Å². The van der Waals surface area contributed by atoms with Gasteiger partial charge in [0.1, 0.15) is 0 Å². The number of nitrogens with two attached hydrogens (primary N) is 1. The zero-order valence-corrected chi connectivity index (χ0v) is 13.2. The van der Waals surface area contributed by atoms with Crippen molar-refractivity contribution in [3.8, 4) is 0 Å². The van der Waals surface area contributed by atoms with Crippen LogP contribution in [0, 0.1) is 0 Å². The highest BCUT2D eigenvalue weighted by Gasteiger charge is 2.33. The molecule has 2 N–H and O–H groups in total. The van der Waals surface area contributed by atoms with Crippen molar-refractivity contribution in [3.63, 3.8) is 0 Å². The molecule has 3 rings (SSSR count). The molecule has 3 heterocycles. The molecule has 0 aromatic rings. The Kier molecular flexibility index (Phi) is 5.01. The van der Waals surface area contributed by atoms with Gasteiger partial charge in [-0.3, -0.25) is 4.90 Å². The molecule has 0 radical (unpaired) electrons. The van der Waals surface area contributed by atoms with E-state index in [1.807, 2.05) is 0 Å². The van der Waals surface area contributed by atoms with Gasteiger partial charge in [-0.15, -0.1) is 0 Å². The molecular weight excluding hydrogens is 264 g/mol. The van der Waals surface area contributed by atoms with Crippen molar-refractivity contribution in [2.24, 2.45) is 5.73 Å². The number of likely N-dealkylation sites (tertiary alicyclic amines) is 3. The number of carbonyl (C=O) groups is 1. The number of hydrogen-bond acceptors (Lipinski definition) is 3. The Morgan fingerprint density at radius 3 is 2.14 bits per heavy atom. The molecule has 0 bridgehead atoms. The molecule has 120 valence electrons. The van der Waals surface area contributed by atoms with E-state index in [2.05, 4.69) is 14.7 Å². The minimum atomic E-state index is 0.285. The summed E-state index contributed by atoms with van der Waals surface area (Å²) in [5, 5.41) is 0. The van der Waals surface area contributed by atoms with E-state index in [1.54, 1.807) is 0 Å². The van der Waals surface area contributed by atoms with Crippen LogP contribution in [0.4, 0.5) is 4.79 Å². The molecule has 0 saturated carbocycles. The summed E-state index contributed by atoms with van der Waals surface area (Å²) < 4.78 is 0. The quantitative estimate of drug-likeness (QED) is 0.797. The maximum Gasteiger partial charge on any atom is 0.320 e. The maximum atomic E-state index is 12.6. The molecule has 21 heavy (non-hydrogen) atoms. The van der Waals surface area contributed by atoms with Crippen molar-refractivity contribution in [1.29, 1.82) is 0 Å². The lowest BCUT2D eigenvalue weighted by Gasteiger charge is -2.35. The zero-order valence-electron chi connectivity index (χ0n) is 13.2. The molecule has 3 aliphatic heterocycles. The number of carbonyl (C=O) groups excluding carboxylic acids is 1. The van der Waals surface area contributed by atoms with Gasteiger partial charge in [-0.2, -0.15) is 0 Å². The van der Waals surface area contributed by atoms with E-state index in [9.17, 15) is 4.79 Å². The van der Waals surface area contributed by atoms with Gasteiger partial charge in [0.2, 0.25) is 0 Å². The summed E-state index contributed by atoms with van der Waals surface area (Å²) in [4.78, 5) is 19.4. The van der Waals surface area contributed by atoms with Crippen molar-refractivity contribution < 1.29 is 4.79 Å². The maximum absolute atomic E-state index is 12.6. The Hall–Kier alpha value is -0.810. The van der Waals surface area contributed by atoms with E-state index < -0.39 is 0 Å². The third kappa shape index (κ3) is 3.69. The van der Waals surface area contributed by atoms with Crippen molar-refractivity contribution in [3.05, 3.63) is 0 Å². The first-order chi connectivity index (χ1) is 10.2. The van der Waals surface area contributed by atoms with Crippen LogP contribution >= 0.6 is 0 Å². The molecule has 0 aliphatic carbocycles. The average molecular weight is 294 g/mol. The third-order valence-corrected chi connectivity index (χ3v) is 5.40. The van der Waals surface area contributed by atoms with Gasteiger partial charge < -0.3 is 15.5 Å². The molecule has 0 aromatic heterocycles. The fourth-order valence-electron chi connectivity index (χ4n) is 3.96. The van der Waals surface area contributed by atoms with Gasteiger partial charge in [0.15, 0.2) is 0 Å². The normalized spacial score (nSPS) is 29.7. The first kappa shape index (κ1) is 15.1. The predicted octanol–water partition coefficient (Wildman–Crippen LogP) is 1.48. The first-order valence-corrected chi connectivity index (χ1v) is 8.77. The summed E-state index contributed by atoms with van der Waals surface area (Å²) in [7, 11) is 0. The number of piperidine rings is 1. The minimum absolute atomic E-state index is 0.285. The number of amides is 2. The van der Waals surface area contributed by atoms with Gasteiger partial charge >= 0.3 is 6.03 Å². The Morgan fingerprint density at radius 1 is 0.810 bits per heavy atom. The second kappa shape index (κ2) is 6.97. The number of rotatable bonds is 1. The van der Waals surface area contributed by atoms with Crippen LogP contribution in [0.3, 0.4) is 0 Å². The van der Waals surface area contributed by atoms with E-state index in [4.69, 9.17) is 5.73 Å². The zero-order chi connectivity index (χ0) is 14.7. The SMILES string of the molecule is NC1CCN(C2CCN(C(=O)N3CCCCCC3)C2)CC1. The number of hydrogen-bond donors (Lipinski definition) is 1. The molecule has 3 aliphatic rings. The summed E-state index contributed by atoms with van der Waals surface area (Å²) in [6.45, 7) is 5.99. The number of nitrogens with zero attached hydrogens (tertiary/aromatic N) is 3. The van der Waals surface area contributed by atoms with Gasteiger partial charge in [-0.1, -0.05) is 12.8 Å². The molecule has 0 spiro atoms. The highest BCUT2D eigenvalue weighted by Crippen LogP contribution is 2.21. The summed E-state index contributed by atoms with van der Waals surface area (Å²) in [5.74, 6) is 0. The Bertz CT molecular complexity index is 346. The largest absolute Gasteiger partial charge is 0.328 e. The first-order valence-electron chi connectivity index (χ1n) is 8.77. The molecule has 5 nitrogen and oxygen atoms in total. The second-order valence-corrected chi connectivity index (χ2v) is 6.95. The summed E-state index contributed by atoms with van der Waals surface area (Å²) in [5.41, 5.74) is 5.99. The fourth-order valence-corrected chi connectivity index (χ4v) is 3.96. The standard InChI is InChI=1S/C16H30N4O/c17-14-5-10-18(11-6-14)15-7-12-20(13-15)16(21)19-8-3-1-2-4-9-19/h14-15H,1-13,17H2. The highest BCUT2D eigenvalue weighted by molar-refractivity contribution is 5.74. The third-order valence-electron chi connectivity index (χ3n) is 5.40. The molecule has 2 amide bonds. The van der Waals surface area contributed by atoms with Crippen molar-refractivity contribution >= 4 is 6.03 Å². The molecule has 3 saturated heterocycles. The lowest BCUT2D eigenvalue weighted by Crippen LogP contribution is -2.47. The molecule has 1 atom stereocenters. The molecule has 5 heteroatoms. The topological polar surface area (TPSA) is 52.8 Å². The van der Waals surface area contributed by atoms with E-state index >= 15 is 0 Å². The summed E-state index contributed by atoms with van der Waals surface area (Å²) in [6, 6.07) is 1.24. The van der Waals surface area contributed by atoms with Gasteiger partial charge in [0, 0.05) is 38.3 Å². The van der Waals surface area contributed by atoms with Crippen molar-refractivity contribution in [1.82, 2.24) is 14.7 Å². The molecule has 3 fully saturated rings. The Balaban J connectivity index is 1.50. The Labute approximate surface area is 128 Å². The van der Waals surface area contributed by atoms with E-state index in [0.717, 1.165) is 58.5 Å². The van der Waals surface area contributed by atoms with Gasteiger partial charge in [-0.05, 0) is 45.2 Å². The number of urea groups is 1. The van der Waals surface area contributed by atoms with Gasteiger partial charge in [-0.25, -0.2) is 4.79 Å². The van der Waals surface area contributed by atoms with Crippen LogP contribution in [-0.4, -0.2) is 72.1 Å². The smallest absolute Gasteiger partial charge is 0.320 e. The van der Waals surface area contributed by atoms with Crippen LogP contribution in [0.15, 0.2) is 0 Å². The van der Waals surface area contributed by atoms with Crippen molar-refractivity contribution in [2.75, 3.05) is 39.3 Å². The van der Waals surface area contributed by atoms with Crippen LogP contribution in [-0.2, 0) is 0 Å². The van der Waals surface area contributed by atoms with E-state index in [1.165, 1.54) is 25.7 Å². The van der Waals surface area contributed by atoms with Crippen LogP contribution in [0.2, 0.25) is 0 Å². The highest BCUT2D eigenvalue weighted by atomic mass is 16.2. The second-order valence-electron chi connectivity index (χ2n) is 6.95. The lowest BCUT2D eigenvalue weighted by atomic mass is 10.0. The molecule has 0 aromatic carbocycles. The van der Waals surface area contributed by atoms with Crippen LogP contribution in [0.25, 0.3) is 0 Å². The molecular formula is C16H30N4O. The van der Waals surface area contributed by atoms with Crippen molar-refractivity contribution in [2.45, 2.75) is 57.0 Å². The Morgan fingerprint density at radius 2 is 1.48 bits per heavy atom. The average Bonchev–Trinajstić information content (AvgIpc) is 2.83. The van der Waals surface area contributed by atoms with Crippen LogP contribution in [0.5, 0.6) is 0 Å². The van der Waals surface area contributed by atoms with Crippen LogP contribution < -0.4 is 5.73 Å². The van der Waals surface area contributed by atoms with Gasteiger partial charge in [0.05, 0.1) is 0 Å². The lowest BCUT2D eigenvalue weighted by molar-refractivity contribution is 0.141. The minimum Gasteiger partial charge on any atom is -0.328 e. The van der Waals surface area contributed by atoms with Crippen LogP contribution in [0.1, 0.15) is 44.9 Å². The van der Waals surface area contributed by atoms with Gasteiger partial charge in [0.25, 0.3) is 0 Å². The fraction of sp³-hybridized carbons (Fsp3) is 0.938. The monoisotopic (exact) mass is 294 g/mol. The summed E-state index contributed by atoms with van der Waals surface area (Å²) in [6.07, 6.45) is 8.25. The predicted molar refractivity (Wildman–Crippen MR) is 84.2 cm³/mol. The molecule has 1 unspecified atom stereocenters. The summed E-state index contributed by atoms with van der Waals surface area (Å²) >= 11 is 0.